The van der Waals surface area contributed by atoms with Gasteiger partial charge in [0.15, 0.2) is 34.9 Å². The van der Waals surface area contributed by atoms with Crippen LogP contribution in [0.15, 0.2) is 394 Å². The van der Waals surface area contributed by atoms with Gasteiger partial charge >= 0.3 is 0 Å². The van der Waals surface area contributed by atoms with E-state index in [1.807, 2.05) is 72.8 Å². The van der Waals surface area contributed by atoms with Crippen LogP contribution in [0.2, 0.25) is 0 Å². The van der Waals surface area contributed by atoms with E-state index in [4.69, 9.17) is 29.9 Å². The molecule has 512 valence electrons. The molecule has 7 heteroatoms. The fourth-order valence-corrected chi connectivity index (χ4v) is 17.1. The van der Waals surface area contributed by atoms with E-state index in [1.54, 1.807) is 0 Å². The number of para-hydroxylation sites is 1. The SMILES string of the molecule is c1ccc(-c2nc(-c3ccccc3)nc(-c3c(-c4ccc(-n5c6ccccc6c6cc7ccc(-c8cc(-c9ccc(-c%10ccc%11c(c%10)C(c%10ccccc%10)(c%10ccccc%10)c%10ccccc%10-%11)cc9)c(-c9nc(-c%10ccccc%10)nc(-c%10ccccc%10)n9)c9ccccc89)cc7cc65)cc4)ccc4ccccc34)n2)cc1. The highest BCUT2D eigenvalue weighted by Gasteiger charge is 2.46. The van der Waals surface area contributed by atoms with Gasteiger partial charge in [-0.25, -0.2) is 29.9 Å². The van der Waals surface area contributed by atoms with E-state index in [2.05, 4.69) is 326 Å². The van der Waals surface area contributed by atoms with Crippen molar-refractivity contribution in [1.82, 2.24) is 34.5 Å². The van der Waals surface area contributed by atoms with E-state index in [1.165, 1.54) is 44.2 Å². The summed E-state index contributed by atoms with van der Waals surface area (Å²) in [5, 5.41) is 8.91. The smallest absolute Gasteiger partial charge is 0.165 e. The molecular weight excluding hydrogens is 1340 g/mol. The van der Waals surface area contributed by atoms with E-state index in [0.29, 0.717) is 34.9 Å². The monoisotopic (exact) mass is 1400 g/mol. The molecule has 0 aliphatic heterocycles. The van der Waals surface area contributed by atoms with Crippen molar-refractivity contribution in [2.45, 2.75) is 5.41 Å². The van der Waals surface area contributed by atoms with Crippen molar-refractivity contribution in [3.05, 3.63) is 417 Å². The molecule has 1 aliphatic carbocycles. The van der Waals surface area contributed by atoms with Gasteiger partial charge in [0.1, 0.15) is 0 Å². The first-order valence-electron chi connectivity index (χ1n) is 37.4. The summed E-state index contributed by atoms with van der Waals surface area (Å²) in [6.45, 7) is 0. The van der Waals surface area contributed by atoms with Crippen LogP contribution in [0.3, 0.4) is 0 Å². The van der Waals surface area contributed by atoms with Crippen molar-refractivity contribution in [3.63, 3.8) is 0 Å². The second-order valence-corrected chi connectivity index (χ2v) is 28.4. The molecule has 0 bridgehead atoms. The van der Waals surface area contributed by atoms with Crippen LogP contribution in [0.1, 0.15) is 22.3 Å². The number of fused-ring (bicyclic) bond motifs is 9. The van der Waals surface area contributed by atoms with Gasteiger partial charge in [0.05, 0.1) is 16.4 Å². The van der Waals surface area contributed by atoms with Crippen LogP contribution in [0, 0.1) is 0 Å². The fourth-order valence-electron chi connectivity index (χ4n) is 17.1. The molecule has 7 nitrogen and oxygen atoms in total. The summed E-state index contributed by atoms with van der Waals surface area (Å²) >= 11 is 0. The first-order valence-corrected chi connectivity index (χ1v) is 37.4. The van der Waals surface area contributed by atoms with E-state index < -0.39 is 5.41 Å². The first kappa shape index (κ1) is 63.8. The summed E-state index contributed by atoms with van der Waals surface area (Å²) in [7, 11) is 0. The van der Waals surface area contributed by atoms with Crippen LogP contribution in [0.4, 0.5) is 0 Å². The second-order valence-electron chi connectivity index (χ2n) is 28.4. The van der Waals surface area contributed by atoms with Gasteiger partial charge in [0.2, 0.25) is 0 Å². The topological polar surface area (TPSA) is 82.3 Å². The highest BCUT2D eigenvalue weighted by atomic mass is 15.0. The highest BCUT2D eigenvalue weighted by molar-refractivity contribution is 6.16. The Morgan fingerprint density at radius 2 is 0.618 bits per heavy atom. The third-order valence-corrected chi connectivity index (χ3v) is 22.2. The first-order chi connectivity index (χ1) is 54.5. The number of benzene rings is 17. The molecule has 0 N–H and O–H groups in total. The predicted octanol–water partition coefficient (Wildman–Crippen LogP) is 25.6. The minimum Gasteiger partial charge on any atom is -0.309 e. The summed E-state index contributed by atoms with van der Waals surface area (Å²) < 4.78 is 2.42. The van der Waals surface area contributed by atoms with E-state index in [-0.39, 0.29) is 0 Å². The molecule has 0 saturated carbocycles. The molecule has 3 heterocycles. The second kappa shape index (κ2) is 26.4. The zero-order valence-electron chi connectivity index (χ0n) is 59.7. The summed E-state index contributed by atoms with van der Waals surface area (Å²) in [5.74, 6) is 3.64. The molecule has 0 atom stereocenters. The largest absolute Gasteiger partial charge is 0.309 e. The van der Waals surface area contributed by atoms with Gasteiger partial charge in [-0.1, -0.05) is 346 Å². The third-order valence-electron chi connectivity index (χ3n) is 22.2. The maximum Gasteiger partial charge on any atom is 0.165 e. The lowest BCUT2D eigenvalue weighted by Gasteiger charge is -2.34. The van der Waals surface area contributed by atoms with E-state index in [0.717, 1.165) is 127 Å². The average molecular weight is 1400 g/mol. The number of rotatable bonds is 13. The van der Waals surface area contributed by atoms with Crippen LogP contribution < -0.4 is 0 Å². The Hall–Kier alpha value is -14.7. The minimum atomic E-state index is -0.532. The third kappa shape index (κ3) is 10.7. The number of aromatic nitrogens is 7. The Morgan fingerprint density at radius 1 is 0.191 bits per heavy atom. The lowest BCUT2D eigenvalue weighted by atomic mass is 9.67. The molecule has 3 aromatic heterocycles. The van der Waals surface area contributed by atoms with Crippen LogP contribution in [-0.2, 0) is 5.41 Å². The molecule has 0 radical (unpaired) electrons. The standard InChI is InChI=1S/C103H65N7/c1-7-28-70(29-8-1)97-104-98(71-30-9-2-10-31-71)107-101(106-97)95-81-40-20-19-27-67(81)55-59-82(95)68-53-57-80(58-54-68)110-93-46-26-24-43-86(93)90-62-74-51-52-76(61-77(74)64-94(90)110)88-65-89(96(87-44-22-21-41-83(87)88)102-108-99(72-32-11-3-12-33-72)105-100(109-102)73-34-13-4-14-35-73)69-49-47-66(48-50-69)75-56-60-85-84-42-23-25-45-91(84)103(92(85)63-75,78-36-15-5-16-37-78)79-38-17-6-18-39-79/h1-65H. The Bertz CT molecular complexity index is 6810. The van der Waals surface area contributed by atoms with Crippen LogP contribution in [0.25, 0.3) is 184 Å². The van der Waals surface area contributed by atoms with Gasteiger partial charge in [-0.3, -0.25) is 0 Å². The summed E-state index contributed by atoms with van der Waals surface area (Å²) in [5.41, 5.74) is 24.4. The molecule has 0 fully saturated rings. The lowest BCUT2D eigenvalue weighted by molar-refractivity contribution is 0.769. The molecule has 0 unspecified atom stereocenters. The zero-order valence-corrected chi connectivity index (χ0v) is 59.7. The highest BCUT2D eigenvalue weighted by Crippen LogP contribution is 2.57. The summed E-state index contributed by atoms with van der Waals surface area (Å²) in [4.78, 5) is 31.8. The van der Waals surface area contributed by atoms with Gasteiger partial charge in [-0.2, -0.15) is 0 Å². The Labute approximate surface area is 636 Å². The molecule has 110 heavy (non-hydrogen) atoms. The van der Waals surface area contributed by atoms with Crippen molar-refractivity contribution in [3.8, 4) is 130 Å². The van der Waals surface area contributed by atoms with Gasteiger partial charge in [-0.15, -0.1) is 0 Å². The quantitative estimate of drug-likeness (QED) is 0.114. The van der Waals surface area contributed by atoms with Crippen LogP contribution in [-0.4, -0.2) is 34.5 Å². The van der Waals surface area contributed by atoms with Crippen molar-refractivity contribution in [2.75, 3.05) is 0 Å². The maximum absolute atomic E-state index is 5.48. The average Bonchev–Trinajstić information content (AvgIpc) is 1.52. The number of nitrogens with zero attached hydrogens (tertiary/aromatic N) is 7. The number of hydrogen-bond donors (Lipinski definition) is 0. The zero-order chi connectivity index (χ0) is 72.6. The summed E-state index contributed by atoms with van der Waals surface area (Å²) in [6.07, 6.45) is 0. The molecule has 17 aromatic carbocycles. The summed E-state index contributed by atoms with van der Waals surface area (Å²) in [6, 6.07) is 142. The van der Waals surface area contributed by atoms with E-state index in [9.17, 15) is 0 Å². The normalized spacial score (nSPS) is 12.3. The molecule has 21 rings (SSSR count). The van der Waals surface area contributed by atoms with Crippen molar-refractivity contribution in [2.24, 2.45) is 0 Å². The molecule has 0 spiro atoms. The van der Waals surface area contributed by atoms with Crippen LogP contribution >= 0.6 is 0 Å². The van der Waals surface area contributed by atoms with Crippen molar-refractivity contribution >= 4 is 54.1 Å². The van der Waals surface area contributed by atoms with Gasteiger partial charge < -0.3 is 4.57 Å². The Morgan fingerprint density at radius 3 is 1.22 bits per heavy atom. The predicted molar refractivity (Wildman–Crippen MR) is 452 cm³/mol. The van der Waals surface area contributed by atoms with Crippen LogP contribution in [0.5, 0.6) is 0 Å². The van der Waals surface area contributed by atoms with Gasteiger partial charge in [0, 0.05) is 49.8 Å². The molecule has 0 amide bonds. The fraction of sp³-hybridized carbons (Fsp3) is 0.00971. The van der Waals surface area contributed by atoms with Crippen molar-refractivity contribution < 1.29 is 0 Å². The van der Waals surface area contributed by atoms with Gasteiger partial charge in [-0.05, 0) is 159 Å². The molecule has 0 saturated heterocycles. The lowest BCUT2D eigenvalue weighted by Crippen LogP contribution is -2.28. The van der Waals surface area contributed by atoms with Crippen molar-refractivity contribution in [1.29, 1.82) is 0 Å². The number of hydrogen-bond acceptors (Lipinski definition) is 6. The Balaban J connectivity index is 0.716. The van der Waals surface area contributed by atoms with E-state index >= 15 is 0 Å². The molecule has 1 aliphatic rings. The van der Waals surface area contributed by atoms with Gasteiger partial charge in [0.25, 0.3) is 0 Å². The molecule has 20 aromatic rings. The molecular formula is C103H65N7. The minimum absolute atomic E-state index is 0.532. The maximum atomic E-state index is 5.48. The Kier molecular flexibility index (Phi) is 15.3.